The van der Waals surface area contributed by atoms with E-state index in [1.165, 1.54) is 43.9 Å². The molecule has 0 spiro atoms. The van der Waals surface area contributed by atoms with Crippen molar-refractivity contribution in [3.63, 3.8) is 0 Å². The van der Waals surface area contributed by atoms with Crippen LogP contribution in [-0.4, -0.2) is 0 Å². The molecule has 0 saturated heterocycles. The fourth-order valence-corrected chi connectivity index (χ4v) is 2.91. The van der Waals surface area contributed by atoms with Crippen molar-refractivity contribution in [3.8, 4) is 0 Å². The Kier molecular flexibility index (Phi) is 2.73. The summed E-state index contributed by atoms with van der Waals surface area (Å²) < 4.78 is 0. The molecule has 0 aliphatic heterocycles. The van der Waals surface area contributed by atoms with E-state index in [4.69, 9.17) is 0 Å². The minimum Gasteiger partial charge on any atom is -0.0651 e. The molecule has 12 heavy (non-hydrogen) atoms. The predicted octanol–water partition coefficient (Wildman–Crippen LogP) is 4.00. The Bertz CT molecular complexity index is 125. The van der Waals surface area contributed by atoms with E-state index in [2.05, 4.69) is 6.92 Å². The van der Waals surface area contributed by atoms with Crippen molar-refractivity contribution in [2.75, 3.05) is 0 Å². The summed E-state index contributed by atoms with van der Waals surface area (Å²) in [6.07, 6.45) is 12.2. The number of fused-ring (bicyclic) bond motifs is 1. The second kappa shape index (κ2) is 3.81. The van der Waals surface area contributed by atoms with E-state index in [0.717, 1.165) is 5.92 Å². The molecule has 0 nitrogen and oxygen atoms in total. The minimum absolute atomic E-state index is 1.07. The minimum atomic E-state index is 1.07. The van der Waals surface area contributed by atoms with Gasteiger partial charge < -0.3 is 0 Å². The number of rotatable bonds is 1. The van der Waals surface area contributed by atoms with Crippen molar-refractivity contribution in [2.45, 2.75) is 58.3 Å². The fourth-order valence-electron chi connectivity index (χ4n) is 2.91. The lowest BCUT2D eigenvalue weighted by Gasteiger charge is -2.12. The van der Waals surface area contributed by atoms with Gasteiger partial charge in [-0.05, 0) is 24.2 Å². The molecule has 0 aromatic heterocycles. The molecule has 0 heteroatoms. The van der Waals surface area contributed by atoms with Crippen molar-refractivity contribution in [1.82, 2.24) is 0 Å². The topological polar surface area (TPSA) is 0 Å². The lowest BCUT2D eigenvalue weighted by Crippen LogP contribution is -1.98. The summed E-state index contributed by atoms with van der Waals surface area (Å²) in [7, 11) is 0. The Morgan fingerprint density at radius 2 is 1.50 bits per heavy atom. The van der Waals surface area contributed by atoms with Crippen LogP contribution in [0.2, 0.25) is 0 Å². The molecule has 2 aliphatic rings. The zero-order valence-electron chi connectivity index (χ0n) is 8.39. The fraction of sp³-hybridized carbons (Fsp3) is 1.00. The third-order valence-corrected chi connectivity index (χ3v) is 4.02. The summed E-state index contributed by atoms with van der Waals surface area (Å²) in [5.41, 5.74) is 0. The van der Waals surface area contributed by atoms with Crippen LogP contribution in [0.15, 0.2) is 0 Å². The van der Waals surface area contributed by atoms with Crippen LogP contribution in [0, 0.1) is 17.8 Å². The van der Waals surface area contributed by atoms with Gasteiger partial charge in [0.05, 0.1) is 0 Å². The zero-order valence-corrected chi connectivity index (χ0v) is 8.39. The van der Waals surface area contributed by atoms with Crippen LogP contribution in [0.1, 0.15) is 58.3 Å². The predicted molar refractivity (Wildman–Crippen MR) is 53.1 cm³/mol. The van der Waals surface area contributed by atoms with Gasteiger partial charge in [-0.3, -0.25) is 0 Å². The molecule has 0 bridgehead atoms. The Morgan fingerprint density at radius 1 is 0.917 bits per heavy atom. The second-order valence-electron chi connectivity index (χ2n) is 4.89. The summed E-state index contributed by atoms with van der Waals surface area (Å²) in [4.78, 5) is 0. The van der Waals surface area contributed by atoms with E-state index in [1.54, 1.807) is 19.3 Å². The second-order valence-corrected chi connectivity index (χ2v) is 4.89. The normalized spacial score (nSPS) is 42.2. The first-order valence-electron chi connectivity index (χ1n) is 5.90. The van der Waals surface area contributed by atoms with E-state index in [0.29, 0.717) is 0 Å². The standard InChI is InChI=1S/C12H22/c1-2-10-5-3-7-11-9-12(11)8-4-6-10/h10-12H,2-9H2,1H3. The Labute approximate surface area is 76.7 Å². The molecule has 2 unspecified atom stereocenters. The Hall–Kier alpha value is 0. The maximum absolute atomic E-state index is 2.36. The van der Waals surface area contributed by atoms with Crippen LogP contribution in [-0.2, 0) is 0 Å². The summed E-state index contributed by atoms with van der Waals surface area (Å²) >= 11 is 0. The molecule has 70 valence electrons. The van der Waals surface area contributed by atoms with Gasteiger partial charge in [-0.25, -0.2) is 0 Å². The van der Waals surface area contributed by atoms with Gasteiger partial charge >= 0.3 is 0 Å². The summed E-state index contributed by atoms with van der Waals surface area (Å²) in [6, 6.07) is 0. The van der Waals surface area contributed by atoms with Gasteiger partial charge in [0.1, 0.15) is 0 Å². The maximum atomic E-state index is 2.36. The van der Waals surface area contributed by atoms with Crippen LogP contribution in [0.25, 0.3) is 0 Å². The molecule has 2 saturated carbocycles. The van der Waals surface area contributed by atoms with Crippen molar-refractivity contribution in [2.24, 2.45) is 17.8 Å². The SMILES string of the molecule is CCC1CCCC2CC2CCC1. The summed E-state index contributed by atoms with van der Waals surface area (Å²) in [6.45, 7) is 2.36. The Balaban J connectivity index is 1.78. The maximum Gasteiger partial charge on any atom is -0.0383 e. The highest BCUT2D eigenvalue weighted by Crippen LogP contribution is 2.47. The molecule has 2 atom stereocenters. The van der Waals surface area contributed by atoms with Crippen molar-refractivity contribution < 1.29 is 0 Å². The van der Waals surface area contributed by atoms with E-state index < -0.39 is 0 Å². The molecule has 2 aliphatic carbocycles. The first-order chi connectivity index (χ1) is 5.90. The van der Waals surface area contributed by atoms with Crippen LogP contribution >= 0.6 is 0 Å². The highest BCUT2D eigenvalue weighted by molar-refractivity contribution is 4.87. The van der Waals surface area contributed by atoms with Crippen LogP contribution in [0.5, 0.6) is 0 Å². The Morgan fingerprint density at radius 3 is 2.00 bits per heavy atom. The highest BCUT2D eigenvalue weighted by Gasteiger charge is 2.36. The van der Waals surface area contributed by atoms with Crippen LogP contribution < -0.4 is 0 Å². The largest absolute Gasteiger partial charge is 0.0651 e. The summed E-state index contributed by atoms with van der Waals surface area (Å²) in [5, 5.41) is 0. The highest BCUT2D eigenvalue weighted by atomic mass is 14.4. The average Bonchev–Trinajstić information content (AvgIpc) is 2.80. The molecule has 0 aromatic carbocycles. The van der Waals surface area contributed by atoms with Crippen LogP contribution in [0.3, 0.4) is 0 Å². The number of hydrogen-bond acceptors (Lipinski definition) is 0. The van der Waals surface area contributed by atoms with Gasteiger partial charge in [0.15, 0.2) is 0 Å². The van der Waals surface area contributed by atoms with Crippen molar-refractivity contribution in [3.05, 3.63) is 0 Å². The summed E-state index contributed by atoms with van der Waals surface area (Å²) in [5.74, 6) is 3.41. The van der Waals surface area contributed by atoms with Crippen LogP contribution in [0.4, 0.5) is 0 Å². The molecule has 0 N–H and O–H groups in total. The first kappa shape index (κ1) is 8.59. The molecule has 0 aromatic rings. The molecular weight excluding hydrogens is 144 g/mol. The monoisotopic (exact) mass is 166 g/mol. The molecule has 0 heterocycles. The average molecular weight is 166 g/mol. The smallest absolute Gasteiger partial charge is 0.0383 e. The lowest BCUT2D eigenvalue weighted by atomic mass is 9.94. The zero-order chi connectivity index (χ0) is 8.39. The molecule has 0 amide bonds. The third kappa shape index (κ3) is 2.02. The van der Waals surface area contributed by atoms with Gasteiger partial charge in [-0.1, -0.05) is 51.9 Å². The quantitative estimate of drug-likeness (QED) is 0.552. The van der Waals surface area contributed by atoms with E-state index in [1.807, 2.05) is 0 Å². The van der Waals surface area contributed by atoms with Gasteiger partial charge in [-0.15, -0.1) is 0 Å². The van der Waals surface area contributed by atoms with E-state index >= 15 is 0 Å². The molecule has 0 radical (unpaired) electrons. The van der Waals surface area contributed by atoms with Crippen molar-refractivity contribution >= 4 is 0 Å². The van der Waals surface area contributed by atoms with E-state index in [9.17, 15) is 0 Å². The third-order valence-electron chi connectivity index (χ3n) is 4.02. The van der Waals surface area contributed by atoms with Crippen molar-refractivity contribution in [1.29, 1.82) is 0 Å². The van der Waals surface area contributed by atoms with Gasteiger partial charge in [-0.2, -0.15) is 0 Å². The number of hydrogen-bond donors (Lipinski definition) is 0. The lowest BCUT2D eigenvalue weighted by molar-refractivity contribution is 0.408. The van der Waals surface area contributed by atoms with Gasteiger partial charge in [0.2, 0.25) is 0 Å². The van der Waals surface area contributed by atoms with E-state index in [-0.39, 0.29) is 0 Å². The molecule has 2 rings (SSSR count). The van der Waals surface area contributed by atoms with Gasteiger partial charge in [0.25, 0.3) is 0 Å². The molecular formula is C12H22. The van der Waals surface area contributed by atoms with Gasteiger partial charge in [0, 0.05) is 0 Å². The molecule has 2 fully saturated rings. The first-order valence-corrected chi connectivity index (χ1v) is 5.90.